The molecule has 0 bridgehead atoms. The molecule has 30 heavy (non-hydrogen) atoms. The van der Waals surface area contributed by atoms with Crippen LogP contribution < -0.4 is 14.8 Å². The second-order valence-corrected chi connectivity index (χ2v) is 8.28. The van der Waals surface area contributed by atoms with Crippen LogP contribution >= 0.6 is 15.9 Å². The molecule has 3 atom stereocenters. The standard InChI is InChI=1S/C24H26BrNO4/c1-3-14-30-21-13-10-17(15-22(21)29-2)19-6-4-5-7-20(19)26-24(28)23(27)16-8-11-18(25)12-9-16/h1,8-13,15,19-20,23,27H,4-7,14H2,2H3,(H,26,28)/t19-,20+,23?/m1/s1. The van der Waals surface area contributed by atoms with E-state index in [2.05, 4.69) is 27.2 Å². The zero-order valence-electron chi connectivity index (χ0n) is 16.9. The number of halogens is 1. The number of carbonyl (C=O) groups excluding carboxylic acids is 1. The first-order chi connectivity index (χ1) is 14.5. The van der Waals surface area contributed by atoms with Gasteiger partial charge in [0.05, 0.1) is 7.11 Å². The van der Waals surface area contributed by atoms with Gasteiger partial charge in [-0.25, -0.2) is 0 Å². The molecular weight excluding hydrogens is 446 g/mol. The molecule has 0 aliphatic heterocycles. The summed E-state index contributed by atoms with van der Waals surface area (Å²) in [6.45, 7) is 0.172. The van der Waals surface area contributed by atoms with E-state index in [0.717, 1.165) is 35.7 Å². The van der Waals surface area contributed by atoms with Crippen molar-refractivity contribution < 1.29 is 19.4 Å². The van der Waals surface area contributed by atoms with Crippen molar-refractivity contribution in [2.24, 2.45) is 0 Å². The average molecular weight is 472 g/mol. The van der Waals surface area contributed by atoms with Crippen LogP contribution in [-0.2, 0) is 4.79 Å². The highest BCUT2D eigenvalue weighted by Crippen LogP contribution is 2.38. The van der Waals surface area contributed by atoms with Gasteiger partial charge in [0.15, 0.2) is 17.6 Å². The first-order valence-corrected chi connectivity index (χ1v) is 10.8. The van der Waals surface area contributed by atoms with Crippen LogP contribution in [0.2, 0.25) is 0 Å². The highest BCUT2D eigenvalue weighted by Gasteiger charge is 2.30. The van der Waals surface area contributed by atoms with Crippen LogP contribution in [0.5, 0.6) is 11.5 Å². The number of benzene rings is 2. The SMILES string of the molecule is C#CCOc1ccc([C@H]2CCCC[C@@H]2NC(=O)C(O)c2ccc(Br)cc2)cc1OC. The van der Waals surface area contributed by atoms with E-state index in [0.29, 0.717) is 17.1 Å². The fourth-order valence-electron chi connectivity index (χ4n) is 3.91. The summed E-state index contributed by atoms with van der Waals surface area (Å²) in [5, 5.41) is 13.6. The summed E-state index contributed by atoms with van der Waals surface area (Å²) in [5.74, 6) is 3.42. The lowest BCUT2D eigenvalue weighted by Crippen LogP contribution is -2.43. The van der Waals surface area contributed by atoms with Gasteiger partial charge in [0, 0.05) is 16.4 Å². The van der Waals surface area contributed by atoms with Gasteiger partial charge < -0.3 is 19.9 Å². The lowest BCUT2D eigenvalue weighted by molar-refractivity contribution is -0.130. The maximum absolute atomic E-state index is 12.7. The van der Waals surface area contributed by atoms with Crippen LogP contribution in [0, 0.1) is 12.3 Å². The summed E-state index contributed by atoms with van der Waals surface area (Å²) in [4.78, 5) is 12.7. The van der Waals surface area contributed by atoms with E-state index in [1.165, 1.54) is 0 Å². The molecule has 0 spiro atoms. The van der Waals surface area contributed by atoms with E-state index in [1.54, 1.807) is 19.2 Å². The largest absolute Gasteiger partial charge is 0.493 e. The van der Waals surface area contributed by atoms with E-state index >= 15 is 0 Å². The summed E-state index contributed by atoms with van der Waals surface area (Å²) in [7, 11) is 1.59. The Hall–Kier alpha value is -2.49. The Balaban J connectivity index is 1.75. The number of methoxy groups -OCH3 is 1. The van der Waals surface area contributed by atoms with Crippen molar-refractivity contribution in [3.05, 3.63) is 58.1 Å². The van der Waals surface area contributed by atoms with E-state index in [-0.39, 0.29) is 24.5 Å². The zero-order valence-corrected chi connectivity index (χ0v) is 18.5. The zero-order chi connectivity index (χ0) is 21.5. The molecule has 0 radical (unpaired) electrons. The molecule has 2 aromatic carbocycles. The topological polar surface area (TPSA) is 67.8 Å². The van der Waals surface area contributed by atoms with Crippen molar-refractivity contribution in [1.82, 2.24) is 5.32 Å². The molecule has 0 saturated heterocycles. The number of aliphatic hydroxyl groups excluding tert-OH is 1. The summed E-state index contributed by atoms with van der Waals surface area (Å²) < 4.78 is 11.9. The quantitative estimate of drug-likeness (QED) is 0.589. The Morgan fingerprint density at radius 1 is 1.23 bits per heavy atom. The minimum Gasteiger partial charge on any atom is -0.493 e. The lowest BCUT2D eigenvalue weighted by atomic mass is 9.79. The van der Waals surface area contributed by atoms with Gasteiger partial charge in [-0.3, -0.25) is 4.79 Å². The summed E-state index contributed by atoms with van der Waals surface area (Å²) in [6, 6.07) is 12.9. The van der Waals surface area contributed by atoms with Crippen molar-refractivity contribution >= 4 is 21.8 Å². The number of carbonyl (C=O) groups is 1. The van der Waals surface area contributed by atoms with Crippen LogP contribution in [0.15, 0.2) is 46.9 Å². The highest BCUT2D eigenvalue weighted by atomic mass is 79.9. The third-order valence-corrected chi connectivity index (χ3v) is 5.98. The monoisotopic (exact) mass is 471 g/mol. The molecule has 3 rings (SSSR count). The minimum absolute atomic E-state index is 0.0569. The first-order valence-electron chi connectivity index (χ1n) is 10.0. The fraction of sp³-hybridized carbons (Fsp3) is 0.375. The maximum Gasteiger partial charge on any atom is 0.253 e. The molecule has 1 amide bonds. The van der Waals surface area contributed by atoms with Crippen molar-refractivity contribution in [1.29, 1.82) is 0 Å². The van der Waals surface area contributed by atoms with Crippen LogP contribution in [0.25, 0.3) is 0 Å². The molecule has 158 valence electrons. The van der Waals surface area contributed by atoms with Gasteiger partial charge in [-0.1, -0.05) is 52.9 Å². The molecule has 2 N–H and O–H groups in total. The summed E-state index contributed by atoms with van der Waals surface area (Å²) in [5.41, 5.74) is 1.64. The van der Waals surface area contributed by atoms with Crippen LogP contribution in [0.3, 0.4) is 0 Å². The number of terminal acetylenes is 1. The molecule has 1 unspecified atom stereocenters. The Labute approximate surface area is 185 Å². The number of hydrogen-bond acceptors (Lipinski definition) is 4. The number of hydrogen-bond donors (Lipinski definition) is 2. The molecule has 5 nitrogen and oxygen atoms in total. The fourth-order valence-corrected chi connectivity index (χ4v) is 4.18. The van der Waals surface area contributed by atoms with Gasteiger partial charge in [0.25, 0.3) is 5.91 Å². The van der Waals surface area contributed by atoms with E-state index < -0.39 is 6.10 Å². The molecule has 0 heterocycles. The summed E-state index contributed by atoms with van der Waals surface area (Å²) in [6.07, 6.45) is 8.01. The molecular formula is C24H26BrNO4. The Morgan fingerprint density at radius 2 is 1.97 bits per heavy atom. The second-order valence-electron chi connectivity index (χ2n) is 7.36. The van der Waals surface area contributed by atoms with Gasteiger partial charge in [-0.15, -0.1) is 6.42 Å². The summed E-state index contributed by atoms with van der Waals surface area (Å²) >= 11 is 3.36. The average Bonchev–Trinajstić information content (AvgIpc) is 2.78. The van der Waals surface area contributed by atoms with Crippen LogP contribution in [0.1, 0.15) is 48.8 Å². The van der Waals surface area contributed by atoms with Gasteiger partial charge in [-0.2, -0.15) is 0 Å². The third kappa shape index (κ3) is 5.35. The number of aliphatic hydroxyl groups is 1. The van der Waals surface area contributed by atoms with E-state index in [9.17, 15) is 9.90 Å². The van der Waals surface area contributed by atoms with E-state index in [4.69, 9.17) is 15.9 Å². The molecule has 1 aliphatic carbocycles. The molecule has 0 aromatic heterocycles. The molecule has 6 heteroatoms. The Morgan fingerprint density at radius 3 is 2.67 bits per heavy atom. The maximum atomic E-state index is 12.7. The minimum atomic E-state index is -1.20. The number of rotatable bonds is 7. The van der Waals surface area contributed by atoms with Gasteiger partial charge in [0.2, 0.25) is 0 Å². The van der Waals surface area contributed by atoms with E-state index in [1.807, 2.05) is 30.3 Å². The Kier molecular flexibility index (Phi) is 7.78. The van der Waals surface area contributed by atoms with Gasteiger partial charge in [0.1, 0.15) is 6.61 Å². The number of nitrogens with one attached hydrogen (secondary N) is 1. The normalized spacial score (nSPS) is 19.4. The first kappa shape index (κ1) is 22.2. The molecule has 1 aliphatic rings. The molecule has 1 fully saturated rings. The van der Waals surface area contributed by atoms with Gasteiger partial charge >= 0.3 is 0 Å². The van der Waals surface area contributed by atoms with Crippen molar-refractivity contribution in [2.45, 2.75) is 43.7 Å². The third-order valence-electron chi connectivity index (χ3n) is 5.45. The molecule has 1 saturated carbocycles. The number of ether oxygens (including phenoxy) is 2. The van der Waals surface area contributed by atoms with Crippen LogP contribution in [-0.4, -0.2) is 30.8 Å². The second kappa shape index (κ2) is 10.5. The van der Waals surface area contributed by atoms with Crippen molar-refractivity contribution in [3.63, 3.8) is 0 Å². The molecule has 2 aromatic rings. The van der Waals surface area contributed by atoms with Crippen molar-refractivity contribution in [2.75, 3.05) is 13.7 Å². The van der Waals surface area contributed by atoms with Gasteiger partial charge in [-0.05, 0) is 48.2 Å². The highest BCUT2D eigenvalue weighted by molar-refractivity contribution is 9.10. The number of amides is 1. The van der Waals surface area contributed by atoms with Crippen molar-refractivity contribution in [3.8, 4) is 23.8 Å². The predicted molar refractivity (Wildman–Crippen MR) is 120 cm³/mol. The smallest absolute Gasteiger partial charge is 0.253 e. The predicted octanol–water partition coefficient (Wildman–Crippen LogP) is 4.35. The Bertz CT molecular complexity index is 906. The lowest BCUT2D eigenvalue weighted by Gasteiger charge is -2.33. The van der Waals surface area contributed by atoms with Crippen LogP contribution in [0.4, 0.5) is 0 Å².